The molecule has 2 heteroatoms. The summed E-state index contributed by atoms with van der Waals surface area (Å²) in [6.07, 6.45) is 7.62. The zero-order valence-corrected chi connectivity index (χ0v) is 13.3. The Morgan fingerprint density at radius 2 is 1.95 bits per heavy atom. The predicted octanol–water partition coefficient (Wildman–Crippen LogP) is 5.23. The average molecular weight is 285 g/mol. The minimum absolute atomic E-state index is 0.464. The van der Waals surface area contributed by atoms with Crippen molar-refractivity contribution in [3.8, 4) is 0 Å². The highest BCUT2D eigenvalue weighted by Crippen LogP contribution is 2.41. The van der Waals surface area contributed by atoms with Gasteiger partial charge in [0.15, 0.2) is 0 Å². The highest BCUT2D eigenvalue weighted by molar-refractivity contribution is 5.82. The smallest absolute Gasteiger partial charge is 0.134 e. The zero-order valence-electron chi connectivity index (χ0n) is 13.3. The number of hydrogen-bond acceptors (Lipinski definition) is 2. The maximum absolute atomic E-state index is 6.13. The molecule has 2 nitrogen and oxygen atoms in total. The molecule has 0 spiro atoms. The van der Waals surface area contributed by atoms with Gasteiger partial charge < -0.3 is 9.73 Å². The molecule has 1 unspecified atom stereocenters. The third kappa shape index (κ3) is 2.87. The van der Waals surface area contributed by atoms with Crippen LogP contribution in [0.2, 0.25) is 0 Å². The van der Waals surface area contributed by atoms with Gasteiger partial charge in [-0.3, -0.25) is 0 Å². The van der Waals surface area contributed by atoms with Crippen molar-refractivity contribution in [3.63, 3.8) is 0 Å². The van der Waals surface area contributed by atoms with Crippen LogP contribution < -0.4 is 5.32 Å². The largest absolute Gasteiger partial charge is 0.461 e. The maximum atomic E-state index is 6.13. The Labute approximate surface area is 127 Å². The number of benzene rings is 1. The van der Waals surface area contributed by atoms with Gasteiger partial charge in [0.05, 0.1) is 0 Å². The van der Waals surface area contributed by atoms with E-state index in [1.165, 1.54) is 48.8 Å². The van der Waals surface area contributed by atoms with Crippen molar-refractivity contribution in [1.29, 1.82) is 0 Å². The van der Waals surface area contributed by atoms with E-state index in [1.807, 2.05) is 0 Å². The van der Waals surface area contributed by atoms with E-state index >= 15 is 0 Å². The third-order valence-corrected chi connectivity index (χ3v) is 4.83. The van der Waals surface area contributed by atoms with E-state index < -0.39 is 0 Å². The molecule has 1 aliphatic carbocycles. The van der Waals surface area contributed by atoms with Crippen LogP contribution in [-0.4, -0.2) is 6.54 Å². The van der Waals surface area contributed by atoms with Crippen LogP contribution in [0.25, 0.3) is 11.0 Å². The first-order valence-corrected chi connectivity index (χ1v) is 8.58. The Morgan fingerprint density at radius 1 is 1.19 bits per heavy atom. The first-order chi connectivity index (χ1) is 10.3. The summed E-state index contributed by atoms with van der Waals surface area (Å²) < 4.78 is 6.13. The molecule has 1 fully saturated rings. The van der Waals surface area contributed by atoms with Gasteiger partial charge in [0.1, 0.15) is 11.3 Å². The number of furan rings is 1. The van der Waals surface area contributed by atoms with Crippen LogP contribution in [0.15, 0.2) is 28.7 Å². The summed E-state index contributed by atoms with van der Waals surface area (Å²) in [5.74, 6) is 1.94. The molecule has 1 aliphatic rings. The number of rotatable bonds is 6. The van der Waals surface area contributed by atoms with Gasteiger partial charge >= 0.3 is 0 Å². The van der Waals surface area contributed by atoms with Crippen LogP contribution in [0.1, 0.15) is 63.3 Å². The van der Waals surface area contributed by atoms with Crippen LogP contribution >= 0.6 is 0 Å². The summed E-state index contributed by atoms with van der Waals surface area (Å²) in [5, 5.41) is 5.14. The minimum Gasteiger partial charge on any atom is -0.461 e. The van der Waals surface area contributed by atoms with E-state index in [1.54, 1.807) is 0 Å². The molecule has 1 heterocycles. The molecule has 0 saturated heterocycles. The molecule has 1 saturated carbocycles. The summed E-state index contributed by atoms with van der Waals surface area (Å²) in [6, 6.07) is 8.99. The average Bonchev–Trinajstić information content (AvgIpc) is 3.16. The van der Waals surface area contributed by atoms with Crippen molar-refractivity contribution >= 4 is 11.0 Å². The Hall–Kier alpha value is -1.28. The molecule has 114 valence electrons. The fourth-order valence-corrected chi connectivity index (χ4v) is 3.81. The van der Waals surface area contributed by atoms with Crippen molar-refractivity contribution in [3.05, 3.63) is 35.6 Å². The van der Waals surface area contributed by atoms with Gasteiger partial charge in [-0.25, -0.2) is 0 Å². The van der Waals surface area contributed by atoms with E-state index in [9.17, 15) is 0 Å². The van der Waals surface area contributed by atoms with Gasteiger partial charge in [-0.15, -0.1) is 0 Å². The molecule has 0 aliphatic heterocycles. The summed E-state index contributed by atoms with van der Waals surface area (Å²) in [4.78, 5) is 0. The van der Waals surface area contributed by atoms with E-state index in [4.69, 9.17) is 4.42 Å². The quantitative estimate of drug-likeness (QED) is 0.786. The molecule has 0 bridgehead atoms. The van der Waals surface area contributed by atoms with Crippen molar-refractivity contribution in [2.75, 3.05) is 6.54 Å². The molecule has 1 aromatic carbocycles. The highest BCUT2D eigenvalue weighted by atomic mass is 16.3. The number of fused-ring (bicyclic) bond motifs is 1. The molecule has 1 N–H and O–H groups in total. The monoisotopic (exact) mass is 285 g/mol. The molecule has 3 rings (SSSR count). The SMILES string of the molecule is CCCNC(c1c(CC)oc2ccccc12)C1CCCC1. The van der Waals surface area contributed by atoms with Crippen LogP contribution in [0, 0.1) is 5.92 Å². The van der Waals surface area contributed by atoms with Gasteiger partial charge in [-0.2, -0.15) is 0 Å². The Bertz CT molecular complexity index is 580. The summed E-state index contributed by atoms with van der Waals surface area (Å²) >= 11 is 0. The molecule has 0 radical (unpaired) electrons. The standard InChI is InChI=1S/C19H27NO/c1-3-13-20-19(14-9-5-6-10-14)18-15-11-7-8-12-17(15)21-16(18)4-2/h7-8,11-12,14,19-20H,3-6,9-10,13H2,1-2H3. The molecular formula is C19H27NO. The number of nitrogens with one attached hydrogen (secondary N) is 1. The van der Waals surface area contributed by atoms with Crippen molar-refractivity contribution in [1.82, 2.24) is 5.32 Å². The molecule has 21 heavy (non-hydrogen) atoms. The summed E-state index contributed by atoms with van der Waals surface area (Å²) in [6.45, 7) is 5.53. The van der Waals surface area contributed by atoms with Gasteiger partial charge in [-0.05, 0) is 37.8 Å². The van der Waals surface area contributed by atoms with E-state index in [0.717, 1.165) is 24.5 Å². The van der Waals surface area contributed by atoms with Gasteiger partial charge in [0.25, 0.3) is 0 Å². The second-order valence-corrected chi connectivity index (χ2v) is 6.26. The third-order valence-electron chi connectivity index (χ3n) is 4.83. The molecule has 2 aromatic rings. The van der Waals surface area contributed by atoms with Crippen LogP contribution in [0.4, 0.5) is 0 Å². The van der Waals surface area contributed by atoms with Crippen molar-refractivity contribution in [2.24, 2.45) is 5.92 Å². The minimum atomic E-state index is 0.464. The van der Waals surface area contributed by atoms with Crippen molar-refractivity contribution in [2.45, 2.75) is 58.4 Å². The second kappa shape index (κ2) is 6.65. The molecule has 1 atom stereocenters. The second-order valence-electron chi connectivity index (χ2n) is 6.26. The molecule has 1 aromatic heterocycles. The predicted molar refractivity (Wildman–Crippen MR) is 88.6 cm³/mol. The van der Waals surface area contributed by atoms with Crippen LogP contribution in [0.5, 0.6) is 0 Å². The zero-order chi connectivity index (χ0) is 14.7. The van der Waals surface area contributed by atoms with E-state index in [-0.39, 0.29) is 0 Å². The molecule has 0 amide bonds. The lowest BCUT2D eigenvalue weighted by Gasteiger charge is -2.25. The first-order valence-electron chi connectivity index (χ1n) is 8.58. The maximum Gasteiger partial charge on any atom is 0.134 e. The summed E-state index contributed by atoms with van der Waals surface area (Å²) in [7, 11) is 0. The van der Waals surface area contributed by atoms with Crippen LogP contribution in [-0.2, 0) is 6.42 Å². The highest BCUT2D eigenvalue weighted by Gasteiger charge is 2.30. The first kappa shape index (κ1) is 14.6. The number of aryl methyl sites for hydroxylation is 1. The Kier molecular flexibility index (Phi) is 4.64. The fourth-order valence-electron chi connectivity index (χ4n) is 3.81. The normalized spacial score (nSPS) is 17.6. The Morgan fingerprint density at radius 3 is 2.67 bits per heavy atom. The summed E-state index contributed by atoms with van der Waals surface area (Å²) in [5.41, 5.74) is 2.49. The lowest BCUT2D eigenvalue weighted by molar-refractivity contribution is 0.363. The van der Waals surface area contributed by atoms with Crippen molar-refractivity contribution < 1.29 is 4.42 Å². The fraction of sp³-hybridized carbons (Fsp3) is 0.579. The van der Waals surface area contributed by atoms with Gasteiger partial charge in [-0.1, -0.05) is 44.9 Å². The van der Waals surface area contributed by atoms with Crippen LogP contribution in [0.3, 0.4) is 0 Å². The number of para-hydroxylation sites is 1. The van der Waals surface area contributed by atoms with E-state index in [0.29, 0.717) is 6.04 Å². The van der Waals surface area contributed by atoms with Gasteiger partial charge in [0, 0.05) is 23.4 Å². The Balaban J connectivity index is 2.04. The topological polar surface area (TPSA) is 25.2 Å². The lowest BCUT2D eigenvalue weighted by atomic mass is 9.89. The molecular weight excluding hydrogens is 258 g/mol. The number of hydrogen-bond donors (Lipinski definition) is 1. The van der Waals surface area contributed by atoms with Gasteiger partial charge in [0.2, 0.25) is 0 Å². The van der Waals surface area contributed by atoms with E-state index in [2.05, 4.69) is 43.4 Å². The lowest BCUT2D eigenvalue weighted by Crippen LogP contribution is -2.28.